The van der Waals surface area contributed by atoms with E-state index in [2.05, 4.69) is 0 Å². The molecule has 10 heavy (non-hydrogen) atoms. The predicted octanol–water partition coefficient (Wildman–Crippen LogP) is -0.0272. The van der Waals surface area contributed by atoms with E-state index < -0.39 is 5.60 Å². The third-order valence-corrected chi connectivity index (χ3v) is 1.83. The van der Waals surface area contributed by atoms with Crippen LogP contribution in [0.15, 0.2) is 0 Å². The summed E-state index contributed by atoms with van der Waals surface area (Å²) in [4.78, 5) is 11.2. The molecule has 3 heteroatoms. The van der Waals surface area contributed by atoms with Gasteiger partial charge in [0.25, 0.3) is 0 Å². The summed E-state index contributed by atoms with van der Waals surface area (Å²) in [5, 5.41) is 8.67. The Morgan fingerprint density at radius 3 is 2.60 bits per heavy atom. The Labute approximate surface area is 60.0 Å². The van der Waals surface area contributed by atoms with E-state index in [4.69, 9.17) is 9.84 Å². The molecule has 0 aliphatic carbocycles. The van der Waals surface area contributed by atoms with Gasteiger partial charge in [0.1, 0.15) is 5.60 Å². The number of ether oxygens (including phenoxy) is 1. The zero-order valence-electron chi connectivity index (χ0n) is 6.26. The van der Waals surface area contributed by atoms with Crippen molar-refractivity contribution in [2.45, 2.75) is 19.4 Å². The van der Waals surface area contributed by atoms with E-state index in [1.807, 2.05) is 0 Å². The predicted molar refractivity (Wildman–Crippen MR) is 35.6 cm³/mol. The number of Topliss-reactive ketones (excluding diaryl/α,β-unsaturated/α-hetero) is 1. The highest BCUT2D eigenvalue weighted by Gasteiger charge is 2.41. The lowest BCUT2D eigenvalue weighted by atomic mass is 9.97. The Kier molecular flexibility index (Phi) is 1.79. The minimum Gasteiger partial charge on any atom is -0.396 e. The second-order valence-corrected chi connectivity index (χ2v) is 3.07. The molecule has 1 aliphatic rings. The standard InChI is InChI=1S/C7H12O3/c1-7(2)6(9)5(3-8)4-10-7/h5,8H,3-4H2,1-2H3. The van der Waals surface area contributed by atoms with Crippen LogP contribution in [0.2, 0.25) is 0 Å². The van der Waals surface area contributed by atoms with Crippen molar-refractivity contribution >= 4 is 5.78 Å². The van der Waals surface area contributed by atoms with Crippen molar-refractivity contribution in [1.82, 2.24) is 0 Å². The van der Waals surface area contributed by atoms with Gasteiger partial charge in [-0.3, -0.25) is 4.79 Å². The van der Waals surface area contributed by atoms with Crippen molar-refractivity contribution in [2.24, 2.45) is 5.92 Å². The molecule has 1 rings (SSSR count). The van der Waals surface area contributed by atoms with Crippen LogP contribution >= 0.6 is 0 Å². The third kappa shape index (κ3) is 1.07. The summed E-state index contributed by atoms with van der Waals surface area (Å²) < 4.78 is 5.15. The first-order chi connectivity index (χ1) is 4.58. The molecule has 1 N–H and O–H groups in total. The Morgan fingerprint density at radius 2 is 2.40 bits per heavy atom. The van der Waals surface area contributed by atoms with Gasteiger partial charge in [-0.15, -0.1) is 0 Å². The largest absolute Gasteiger partial charge is 0.396 e. The molecule has 1 saturated heterocycles. The molecule has 1 atom stereocenters. The quantitative estimate of drug-likeness (QED) is 0.562. The summed E-state index contributed by atoms with van der Waals surface area (Å²) in [6, 6.07) is 0. The van der Waals surface area contributed by atoms with E-state index in [9.17, 15) is 4.79 Å². The van der Waals surface area contributed by atoms with Gasteiger partial charge in [-0.05, 0) is 13.8 Å². The van der Waals surface area contributed by atoms with Crippen molar-refractivity contribution in [3.05, 3.63) is 0 Å². The molecule has 0 amide bonds. The highest BCUT2D eigenvalue weighted by Crippen LogP contribution is 2.24. The highest BCUT2D eigenvalue weighted by molar-refractivity contribution is 5.90. The molecule has 1 fully saturated rings. The molecule has 0 saturated carbocycles. The van der Waals surface area contributed by atoms with Crippen LogP contribution < -0.4 is 0 Å². The first-order valence-corrected chi connectivity index (χ1v) is 3.37. The van der Waals surface area contributed by atoms with Crippen molar-refractivity contribution in [3.8, 4) is 0 Å². The van der Waals surface area contributed by atoms with Crippen LogP contribution in [0.5, 0.6) is 0 Å². The summed E-state index contributed by atoms with van der Waals surface area (Å²) >= 11 is 0. The minimum atomic E-state index is -0.673. The molecular formula is C7H12O3. The third-order valence-electron chi connectivity index (χ3n) is 1.83. The molecule has 0 aromatic rings. The van der Waals surface area contributed by atoms with Gasteiger partial charge < -0.3 is 9.84 Å². The maximum absolute atomic E-state index is 11.2. The summed E-state index contributed by atoms with van der Waals surface area (Å²) in [5.41, 5.74) is -0.673. The van der Waals surface area contributed by atoms with E-state index in [0.717, 1.165) is 0 Å². The minimum absolute atomic E-state index is 0.00926. The molecule has 1 unspecified atom stereocenters. The highest BCUT2D eigenvalue weighted by atomic mass is 16.5. The van der Waals surface area contributed by atoms with Crippen molar-refractivity contribution < 1.29 is 14.6 Å². The van der Waals surface area contributed by atoms with Crippen molar-refractivity contribution in [3.63, 3.8) is 0 Å². The molecule has 58 valence electrons. The first-order valence-electron chi connectivity index (χ1n) is 3.37. The number of aliphatic hydroxyl groups excluding tert-OH is 1. The fraction of sp³-hybridized carbons (Fsp3) is 0.857. The van der Waals surface area contributed by atoms with E-state index in [-0.39, 0.29) is 18.3 Å². The van der Waals surface area contributed by atoms with Crippen LogP contribution in [-0.2, 0) is 9.53 Å². The topological polar surface area (TPSA) is 46.5 Å². The van der Waals surface area contributed by atoms with Crippen molar-refractivity contribution in [1.29, 1.82) is 0 Å². The second-order valence-electron chi connectivity index (χ2n) is 3.07. The zero-order valence-corrected chi connectivity index (χ0v) is 6.26. The van der Waals surface area contributed by atoms with Crippen LogP contribution in [0.1, 0.15) is 13.8 Å². The second kappa shape index (κ2) is 2.32. The molecule has 1 heterocycles. The number of hydrogen-bond donors (Lipinski definition) is 1. The van der Waals surface area contributed by atoms with E-state index in [0.29, 0.717) is 6.61 Å². The fourth-order valence-electron chi connectivity index (χ4n) is 1.08. The van der Waals surface area contributed by atoms with E-state index in [1.54, 1.807) is 13.8 Å². The Hall–Kier alpha value is -0.410. The molecule has 0 radical (unpaired) electrons. The number of ketones is 1. The number of carbonyl (C=O) groups is 1. The number of rotatable bonds is 1. The zero-order chi connectivity index (χ0) is 7.78. The van der Waals surface area contributed by atoms with Gasteiger partial charge >= 0.3 is 0 Å². The van der Waals surface area contributed by atoms with Crippen LogP contribution in [0.3, 0.4) is 0 Å². The summed E-state index contributed by atoms with van der Waals surface area (Å²) in [6.45, 7) is 3.72. The average Bonchev–Trinajstić information content (AvgIpc) is 2.10. The fourth-order valence-corrected chi connectivity index (χ4v) is 1.08. The summed E-state index contributed by atoms with van der Waals surface area (Å²) in [7, 11) is 0. The van der Waals surface area contributed by atoms with Gasteiger partial charge in [0.15, 0.2) is 5.78 Å². The summed E-state index contributed by atoms with van der Waals surface area (Å²) in [5.74, 6) is -0.287. The lowest BCUT2D eigenvalue weighted by Gasteiger charge is -2.13. The van der Waals surface area contributed by atoms with E-state index >= 15 is 0 Å². The van der Waals surface area contributed by atoms with Gasteiger partial charge in [-0.1, -0.05) is 0 Å². The number of aliphatic hydroxyl groups is 1. The molecule has 0 bridgehead atoms. The molecule has 1 aliphatic heterocycles. The van der Waals surface area contributed by atoms with Crippen molar-refractivity contribution in [2.75, 3.05) is 13.2 Å². The smallest absolute Gasteiger partial charge is 0.171 e. The van der Waals surface area contributed by atoms with Gasteiger partial charge in [0, 0.05) is 0 Å². The normalized spacial score (nSPS) is 31.1. The Bertz CT molecular complexity index is 151. The molecular weight excluding hydrogens is 132 g/mol. The molecule has 0 aromatic carbocycles. The van der Waals surface area contributed by atoms with Gasteiger partial charge in [-0.25, -0.2) is 0 Å². The monoisotopic (exact) mass is 144 g/mol. The lowest BCUT2D eigenvalue weighted by molar-refractivity contribution is -0.130. The van der Waals surface area contributed by atoms with Crippen LogP contribution in [0.4, 0.5) is 0 Å². The van der Waals surface area contributed by atoms with Gasteiger partial charge in [0.05, 0.1) is 19.1 Å². The average molecular weight is 144 g/mol. The molecule has 0 aromatic heterocycles. The maximum atomic E-state index is 11.2. The lowest BCUT2D eigenvalue weighted by Crippen LogP contribution is -2.30. The Balaban J connectivity index is 2.67. The first kappa shape index (κ1) is 7.69. The van der Waals surface area contributed by atoms with Crippen LogP contribution in [-0.4, -0.2) is 29.7 Å². The van der Waals surface area contributed by atoms with Crippen LogP contribution in [0, 0.1) is 5.92 Å². The van der Waals surface area contributed by atoms with Crippen LogP contribution in [0.25, 0.3) is 0 Å². The molecule has 0 spiro atoms. The van der Waals surface area contributed by atoms with E-state index in [1.165, 1.54) is 0 Å². The molecule has 3 nitrogen and oxygen atoms in total. The number of hydrogen-bond acceptors (Lipinski definition) is 3. The van der Waals surface area contributed by atoms with Gasteiger partial charge in [-0.2, -0.15) is 0 Å². The summed E-state index contributed by atoms with van der Waals surface area (Å²) in [6.07, 6.45) is 0. The SMILES string of the molecule is CC1(C)OCC(CO)C1=O. The Morgan fingerprint density at radius 1 is 1.80 bits per heavy atom. The van der Waals surface area contributed by atoms with Gasteiger partial charge in [0.2, 0.25) is 0 Å². The maximum Gasteiger partial charge on any atom is 0.171 e. The number of carbonyl (C=O) groups excluding carboxylic acids is 1.